The largest absolute Gasteiger partial charge is 0.456 e. The zero-order valence-electron chi connectivity index (χ0n) is 24.2. The fourth-order valence-electron chi connectivity index (χ4n) is 6.24. The van der Waals surface area contributed by atoms with Crippen molar-refractivity contribution in [2.75, 3.05) is 0 Å². The Balaban J connectivity index is 1.19. The van der Waals surface area contributed by atoms with Crippen LogP contribution in [0.4, 0.5) is 0 Å². The first-order valence-electron chi connectivity index (χ1n) is 15.0. The van der Waals surface area contributed by atoms with Crippen LogP contribution in [0.15, 0.2) is 156 Å². The van der Waals surface area contributed by atoms with Gasteiger partial charge in [-0.15, -0.1) is 0 Å². The fourth-order valence-corrected chi connectivity index (χ4v) is 6.24. The first-order valence-corrected chi connectivity index (χ1v) is 15.0. The van der Waals surface area contributed by atoms with Crippen LogP contribution in [0.25, 0.3) is 88.8 Å². The lowest BCUT2D eigenvalue weighted by Gasteiger charge is -2.09. The molecule has 0 atom stereocenters. The number of hydrogen-bond acceptors (Lipinski definition) is 4. The third kappa shape index (κ3) is 4.43. The van der Waals surface area contributed by atoms with E-state index in [0.29, 0.717) is 17.5 Å². The van der Waals surface area contributed by atoms with Crippen LogP contribution in [0.1, 0.15) is 0 Å². The SMILES string of the molecule is c1ccc(-c2nc(-c3ccc4ccccc4c3)nc(-c3ccc4oc5cc(-c6cccc7ccccc67)ccc5c4c3)n2)cc1. The Morgan fingerprint density at radius 3 is 1.82 bits per heavy atom. The molecule has 0 aliphatic carbocycles. The van der Waals surface area contributed by atoms with Crippen molar-refractivity contribution in [2.24, 2.45) is 0 Å². The molecule has 0 saturated carbocycles. The molecule has 0 amide bonds. The molecular weight excluding hydrogens is 550 g/mol. The van der Waals surface area contributed by atoms with Gasteiger partial charge < -0.3 is 4.42 Å². The minimum atomic E-state index is 0.621. The summed E-state index contributed by atoms with van der Waals surface area (Å²) < 4.78 is 6.39. The van der Waals surface area contributed by atoms with Gasteiger partial charge in [0.1, 0.15) is 11.2 Å². The molecule has 9 aromatic rings. The average molecular weight is 576 g/mol. The van der Waals surface area contributed by atoms with E-state index in [1.807, 2.05) is 42.5 Å². The number of benzene rings is 7. The highest BCUT2D eigenvalue weighted by Crippen LogP contribution is 2.36. The van der Waals surface area contributed by atoms with Gasteiger partial charge in [-0.25, -0.2) is 15.0 Å². The van der Waals surface area contributed by atoms with Crippen LogP contribution in [0.3, 0.4) is 0 Å². The third-order valence-corrected chi connectivity index (χ3v) is 8.51. The van der Waals surface area contributed by atoms with Crippen LogP contribution >= 0.6 is 0 Å². The van der Waals surface area contributed by atoms with Gasteiger partial charge in [0.05, 0.1) is 0 Å². The average Bonchev–Trinajstić information content (AvgIpc) is 3.48. The Hall–Kier alpha value is -6.13. The first-order chi connectivity index (χ1) is 22.3. The van der Waals surface area contributed by atoms with Gasteiger partial charge in [0.25, 0.3) is 0 Å². The van der Waals surface area contributed by atoms with Crippen LogP contribution in [0.5, 0.6) is 0 Å². The highest BCUT2D eigenvalue weighted by molar-refractivity contribution is 6.08. The highest BCUT2D eigenvalue weighted by atomic mass is 16.3. The zero-order valence-corrected chi connectivity index (χ0v) is 24.2. The molecule has 0 saturated heterocycles. The maximum absolute atomic E-state index is 6.39. The van der Waals surface area contributed by atoms with E-state index in [4.69, 9.17) is 19.4 Å². The van der Waals surface area contributed by atoms with Gasteiger partial charge in [-0.2, -0.15) is 0 Å². The third-order valence-electron chi connectivity index (χ3n) is 8.51. The molecule has 4 heteroatoms. The standard InChI is InChI=1S/C41H25N3O/c1-2-11-28(12-3-1)39-42-40(31-18-17-26-9-4-5-13-29(26)23-31)44-41(43-39)32-20-22-37-36(24-32)35-21-19-30(25-38(35)45-37)34-16-8-14-27-10-6-7-15-33(27)34/h1-25H. The number of furan rings is 1. The molecule has 0 bridgehead atoms. The smallest absolute Gasteiger partial charge is 0.164 e. The van der Waals surface area contributed by atoms with Gasteiger partial charge in [-0.05, 0) is 69.1 Å². The van der Waals surface area contributed by atoms with Crippen LogP contribution in [-0.4, -0.2) is 15.0 Å². The second-order valence-corrected chi connectivity index (χ2v) is 11.3. The first kappa shape index (κ1) is 25.4. The summed E-state index contributed by atoms with van der Waals surface area (Å²) in [5, 5.41) is 6.86. The van der Waals surface area contributed by atoms with Crippen molar-refractivity contribution in [1.29, 1.82) is 0 Å². The maximum atomic E-state index is 6.39. The van der Waals surface area contributed by atoms with Crippen molar-refractivity contribution in [3.63, 3.8) is 0 Å². The summed E-state index contributed by atoms with van der Waals surface area (Å²) in [5.41, 5.74) is 6.80. The quantitative estimate of drug-likeness (QED) is 0.209. The lowest BCUT2D eigenvalue weighted by atomic mass is 9.97. The van der Waals surface area contributed by atoms with Crippen LogP contribution in [0, 0.1) is 0 Å². The summed E-state index contributed by atoms with van der Waals surface area (Å²) in [6, 6.07) is 52.3. The van der Waals surface area contributed by atoms with Gasteiger partial charge in [0.2, 0.25) is 0 Å². The van der Waals surface area contributed by atoms with Crippen molar-refractivity contribution in [3.8, 4) is 45.3 Å². The van der Waals surface area contributed by atoms with Crippen molar-refractivity contribution >= 4 is 43.5 Å². The van der Waals surface area contributed by atoms with Crippen molar-refractivity contribution in [2.45, 2.75) is 0 Å². The lowest BCUT2D eigenvalue weighted by molar-refractivity contribution is 0.669. The van der Waals surface area contributed by atoms with Gasteiger partial charge >= 0.3 is 0 Å². The second-order valence-electron chi connectivity index (χ2n) is 11.3. The molecule has 0 spiro atoms. The Morgan fingerprint density at radius 1 is 0.333 bits per heavy atom. The molecule has 4 nitrogen and oxygen atoms in total. The molecule has 0 aliphatic rings. The van der Waals surface area contributed by atoms with E-state index < -0.39 is 0 Å². The molecule has 9 rings (SSSR count). The molecule has 2 heterocycles. The molecule has 0 N–H and O–H groups in total. The zero-order chi connectivity index (χ0) is 29.7. The molecule has 45 heavy (non-hydrogen) atoms. The second kappa shape index (κ2) is 10.2. The van der Waals surface area contributed by atoms with E-state index in [9.17, 15) is 0 Å². The molecule has 0 fully saturated rings. The molecule has 0 aliphatic heterocycles. The highest BCUT2D eigenvalue weighted by Gasteiger charge is 2.16. The van der Waals surface area contributed by atoms with Gasteiger partial charge in [-0.3, -0.25) is 0 Å². The van der Waals surface area contributed by atoms with E-state index in [1.54, 1.807) is 0 Å². The predicted molar refractivity (Wildman–Crippen MR) is 184 cm³/mol. The normalized spacial score (nSPS) is 11.6. The summed E-state index contributed by atoms with van der Waals surface area (Å²) >= 11 is 0. The maximum Gasteiger partial charge on any atom is 0.164 e. The monoisotopic (exact) mass is 575 g/mol. The Morgan fingerprint density at radius 2 is 0.978 bits per heavy atom. The summed E-state index contributed by atoms with van der Waals surface area (Å²) in [7, 11) is 0. The number of nitrogens with zero attached hydrogens (tertiary/aromatic N) is 3. The van der Waals surface area contributed by atoms with Crippen molar-refractivity contribution in [1.82, 2.24) is 15.0 Å². The minimum Gasteiger partial charge on any atom is -0.456 e. The Labute approximate surface area is 259 Å². The molecule has 0 radical (unpaired) electrons. The van der Waals surface area contributed by atoms with Gasteiger partial charge in [-0.1, -0.05) is 115 Å². The van der Waals surface area contributed by atoms with Gasteiger partial charge in [0.15, 0.2) is 17.5 Å². The number of hydrogen-bond donors (Lipinski definition) is 0. The Bertz CT molecular complexity index is 2540. The molecule has 210 valence electrons. The van der Waals surface area contributed by atoms with Crippen molar-refractivity contribution in [3.05, 3.63) is 152 Å². The number of rotatable bonds is 4. The van der Waals surface area contributed by atoms with E-state index in [0.717, 1.165) is 49.6 Å². The summed E-state index contributed by atoms with van der Waals surface area (Å²) in [6.45, 7) is 0. The van der Waals surface area contributed by atoms with E-state index in [2.05, 4.69) is 109 Å². The van der Waals surface area contributed by atoms with E-state index >= 15 is 0 Å². The fraction of sp³-hybridized carbons (Fsp3) is 0. The van der Waals surface area contributed by atoms with Gasteiger partial charge in [0, 0.05) is 27.5 Å². The number of fused-ring (bicyclic) bond motifs is 5. The lowest BCUT2D eigenvalue weighted by Crippen LogP contribution is -2.00. The number of aromatic nitrogens is 3. The Kier molecular flexibility index (Phi) is 5.78. The summed E-state index contributed by atoms with van der Waals surface area (Å²) in [4.78, 5) is 14.9. The predicted octanol–water partition coefficient (Wildman–Crippen LogP) is 10.7. The van der Waals surface area contributed by atoms with Crippen LogP contribution in [0.2, 0.25) is 0 Å². The molecule has 0 unspecified atom stereocenters. The molecule has 7 aromatic carbocycles. The topological polar surface area (TPSA) is 51.8 Å². The van der Waals surface area contributed by atoms with E-state index in [-0.39, 0.29) is 0 Å². The minimum absolute atomic E-state index is 0.621. The summed E-state index contributed by atoms with van der Waals surface area (Å²) in [6.07, 6.45) is 0. The van der Waals surface area contributed by atoms with Crippen LogP contribution < -0.4 is 0 Å². The summed E-state index contributed by atoms with van der Waals surface area (Å²) in [5.74, 6) is 1.90. The molecular formula is C41H25N3O. The van der Waals surface area contributed by atoms with E-state index in [1.165, 1.54) is 21.7 Å². The molecule has 2 aromatic heterocycles. The van der Waals surface area contributed by atoms with Crippen molar-refractivity contribution < 1.29 is 4.42 Å². The van der Waals surface area contributed by atoms with Crippen LogP contribution in [-0.2, 0) is 0 Å².